The fourth-order valence-corrected chi connectivity index (χ4v) is 2.74. The zero-order valence-electron chi connectivity index (χ0n) is 12.3. The molecular weight excluding hydrogens is 258 g/mol. The summed E-state index contributed by atoms with van der Waals surface area (Å²) >= 11 is 0. The molecule has 0 unspecified atom stereocenters. The van der Waals surface area contributed by atoms with Crippen LogP contribution in [0.15, 0.2) is 60.7 Å². The molecule has 0 saturated carbocycles. The second-order valence-corrected chi connectivity index (χ2v) is 5.47. The van der Waals surface area contributed by atoms with Crippen LogP contribution in [0.4, 0.5) is 0 Å². The van der Waals surface area contributed by atoms with Gasteiger partial charge in [0.15, 0.2) is 0 Å². The van der Waals surface area contributed by atoms with Crippen molar-refractivity contribution in [2.45, 2.75) is 19.9 Å². The molecule has 0 bridgehead atoms. The van der Waals surface area contributed by atoms with Crippen LogP contribution < -0.4 is 0 Å². The lowest BCUT2D eigenvalue weighted by Gasteiger charge is -2.28. The molecule has 2 nitrogen and oxygen atoms in total. The Kier molecular flexibility index (Phi) is 3.87. The number of benzene rings is 2. The third kappa shape index (κ3) is 3.05. The monoisotopic (exact) mass is 277 g/mol. The topological polar surface area (TPSA) is 20.3 Å². The Bertz CT molecular complexity index is 673. The van der Waals surface area contributed by atoms with E-state index in [-0.39, 0.29) is 5.91 Å². The molecule has 1 amide bonds. The van der Waals surface area contributed by atoms with E-state index in [2.05, 4.69) is 18.2 Å². The highest BCUT2D eigenvalue weighted by Crippen LogP contribution is 2.20. The Labute approximate surface area is 125 Å². The number of nitrogens with zero attached hydrogens (tertiary/aromatic N) is 1. The first-order chi connectivity index (χ1) is 10.2. The molecule has 2 aromatic rings. The van der Waals surface area contributed by atoms with Crippen LogP contribution in [0.25, 0.3) is 5.57 Å². The molecule has 0 fully saturated rings. The molecule has 1 heterocycles. The number of hydrogen-bond donors (Lipinski definition) is 0. The van der Waals surface area contributed by atoms with Crippen LogP contribution in [0.2, 0.25) is 0 Å². The Morgan fingerprint density at radius 3 is 2.43 bits per heavy atom. The second-order valence-electron chi connectivity index (χ2n) is 5.47. The van der Waals surface area contributed by atoms with Crippen LogP contribution >= 0.6 is 0 Å². The van der Waals surface area contributed by atoms with Gasteiger partial charge in [0.2, 0.25) is 5.91 Å². The fourth-order valence-electron chi connectivity index (χ4n) is 2.74. The molecule has 1 aliphatic heterocycles. The van der Waals surface area contributed by atoms with Gasteiger partial charge in [0.25, 0.3) is 0 Å². The smallest absolute Gasteiger partial charge is 0.247 e. The molecule has 0 saturated heterocycles. The number of fused-ring (bicyclic) bond motifs is 1. The van der Waals surface area contributed by atoms with Crippen LogP contribution in [0.5, 0.6) is 0 Å². The van der Waals surface area contributed by atoms with E-state index >= 15 is 0 Å². The summed E-state index contributed by atoms with van der Waals surface area (Å²) in [6.07, 6.45) is 2.70. The number of carbonyl (C=O) groups is 1. The summed E-state index contributed by atoms with van der Waals surface area (Å²) in [6.45, 7) is 3.51. The van der Waals surface area contributed by atoms with E-state index < -0.39 is 0 Å². The highest BCUT2D eigenvalue weighted by Gasteiger charge is 2.18. The van der Waals surface area contributed by atoms with Gasteiger partial charge >= 0.3 is 0 Å². The van der Waals surface area contributed by atoms with Crippen molar-refractivity contribution >= 4 is 11.5 Å². The van der Waals surface area contributed by atoms with Crippen molar-refractivity contribution in [1.82, 2.24) is 4.90 Å². The zero-order chi connectivity index (χ0) is 14.7. The van der Waals surface area contributed by atoms with E-state index in [1.807, 2.05) is 48.2 Å². The summed E-state index contributed by atoms with van der Waals surface area (Å²) in [4.78, 5) is 14.4. The zero-order valence-corrected chi connectivity index (χ0v) is 12.3. The predicted molar refractivity (Wildman–Crippen MR) is 85.7 cm³/mol. The Hall–Kier alpha value is -2.35. The van der Waals surface area contributed by atoms with Gasteiger partial charge in [-0.2, -0.15) is 0 Å². The summed E-state index contributed by atoms with van der Waals surface area (Å²) in [5, 5.41) is 0. The maximum atomic E-state index is 12.4. The fraction of sp³-hybridized carbons (Fsp3) is 0.211. The van der Waals surface area contributed by atoms with Crippen molar-refractivity contribution in [3.63, 3.8) is 0 Å². The molecule has 2 aromatic carbocycles. The average Bonchev–Trinajstić information content (AvgIpc) is 2.55. The summed E-state index contributed by atoms with van der Waals surface area (Å²) < 4.78 is 0. The molecule has 0 atom stereocenters. The van der Waals surface area contributed by atoms with Crippen LogP contribution in [-0.4, -0.2) is 17.4 Å². The maximum Gasteiger partial charge on any atom is 0.247 e. The van der Waals surface area contributed by atoms with Crippen molar-refractivity contribution in [3.8, 4) is 0 Å². The summed E-state index contributed by atoms with van der Waals surface area (Å²) in [5.41, 5.74) is 4.75. The third-order valence-corrected chi connectivity index (χ3v) is 4.01. The number of rotatable bonds is 2. The lowest BCUT2D eigenvalue weighted by molar-refractivity contribution is -0.126. The van der Waals surface area contributed by atoms with Crippen molar-refractivity contribution < 1.29 is 4.79 Å². The van der Waals surface area contributed by atoms with Crippen LogP contribution in [-0.2, 0) is 17.8 Å². The largest absolute Gasteiger partial charge is 0.334 e. The molecule has 106 valence electrons. The van der Waals surface area contributed by atoms with Crippen LogP contribution in [0.3, 0.4) is 0 Å². The van der Waals surface area contributed by atoms with Crippen molar-refractivity contribution in [2.75, 3.05) is 6.54 Å². The van der Waals surface area contributed by atoms with E-state index in [9.17, 15) is 4.79 Å². The van der Waals surface area contributed by atoms with Gasteiger partial charge in [-0.15, -0.1) is 0 Å². The van der Waals surface area contributed by atoms with E-state index in [1.165, 1.54) is 11.1 Å². The van der Waals surface area contributed by atoms with E-state index in [0.717, 1.165) is 24.1 Å². The van der Waals surface area contributed by atoms with Gasteiger partial charge < -0.3 is 4.90 Å². The molecule has 1 aliphatic rings. The summed E-state index contributed by atoms with van der Waals surface area (Å²) in [5.74, 6) is 0.103. The standard InChI is InChI=1S/C19H19NO/c1-15(16-7-3-2-4-8-16)13-19(21)20-12-11-17-9-5-6-10-18(17)14-20/h2-10,13H,11-12,14H2,1H3/b15-13+. The molecule has 0 aromatic heterocycles. The summed E-state index contributed by atoms with van der Waals surface area (Å²) in [7, 11) is 0. The second kappa shape index (κ2) is 5.96. The molecule has 0 N–H and O–H groups in total. The SMILES string of the molecule is C/C(=C\C(=O)N1CCc2ccccc2C1)c1ccccc1. The Morgan fingerprint density at radius 1 is 1.00 bits per heavy atom. The first kappa shape index (κ1) is 13.6. The van der Waals surface area contributed by atoms with Gasteiger partial charge in [0, 0.05) is 19.2 Å². The molecule has 0 radical (unpaired) electrons. The van der Waals surface area contributed by atoms with Gasteiger partial charge in [-0.05, 0) is 35.6 Å². The minimum absolute atomic E-state index is 0.103. The van der Waals surface area contributed by atoms with Crippen molar-refractivity contribution in [2.24, 2.45) is 0 Å². The Balaban J connectivity index is 1.75. The number of allylic oxidation sites excluding steroid dienone is 1. The van der Waals surface area contributed by atoms with Gasteiger partial charge in [0.1, 0.15) is 0 Å². The molecule has 3 rings (SSSR count). The normalized spacial score (nSPS) is 14.7. The minimum atomic E-state index is 0.103. The maximum absolute atomic E-state index is 12.4. The van der Waals surface area contributed by atoms with Crippen molar-refractivity contribution in [3.05, 3.63) is 77.4 Å². The van der Waals surface area contributed by atoms with E-state index in [4.69, 9.17) is 0 Å². The Morgan fingerprint density at radius 2 is 1.67 bits per heavy atom. The highest BCUT2D eigenvalue weighted by atomic mass is 16.2. The number of amides is 1. The molecule has 0 spiro atoms. The first-order valence-electron chi connectivity index (χ1n) is 7.33. The van der Waals surface area contributed by atoms with E-state index in [1.54, 1.807) is 6.08 Å². The molecular formula is C19H19NO. The number of hydrogen-bond acceptors (Lipinski definition) is 1. The lowest BCUT2D eigenvalue weighted by atomic mass is 9.99. The lowest BCUT2D eigenvalue weighted by Crippen LogP contribution is -2.34. The van der Waals surface area contributed by atoms with Gasteiger partial charge in [0.05, 0.1) is 0 Å². The van der Waals surface area contributed by atoms with Crippen LogP contribution in [0.1, 0.15) is 23.6 Å². The quantitative estimate of drug-likeness (QED) is 0.767. The first-order valence-corrected chi connectivity index (χ1v) is 7.33. The van der Waals surface area contributed by atoms with Crippen molar-refractivity contribution in [1.29, 1.82) is 0 Å². The van der Waals surface area contributed by atoms with E-state index in [0.29, 0.717) is 6.54 Å². The third-order valence-electron chi connectivity index (χ3n) is 4.01. The molecule has 21 heavy (non-hydrogen) atoms. The van der Waals surface area contributed by atoms with Gasteiger partial charge in [-0.3, -0.25) is 4.79 Å². The highest BCUT2D eigenvalue weighted by molar-refractivity contribution is 5.95. The van der Waals surface area contributed by atoms with Crippen LogP contribution in [0, 0.1) is 0 Å². The predicted octanol–water partition coefficient (Wildman–Crippen LogP) is 3.67. The van der Waals surface area contributed by atoms with Gasteiger partial charge in [-0.25, -0.2) is 0 Å². The minimum Gasteiger partial charge on any atom is -0.334 e. The average molecular weight is 277 g/mol. The van der Waals surface area contributed by atoms with Gasteiger partial charge in [-0.1, -0.05) is 54.6 Å². The molecule has 0 aliphatic carbocycles. The molecule has 2 heteroatoms. The number of carbonyl (C=O) groups excluding carboxylic acids is 1. The summed E-state index contributed by atoms with van der Waals surface area (Å²) in [6, 6.07) is 18.4.